The highest BCUT2D eigenvalue weighted by Gasteiger charge is 2.20. The van der Waals surface area contributed by atoms with Crippen LogP contribution in [0.15, 0.2) is 23.2 Å². The zero-order valence-electron chi connectivity index (χ0n) is 13.8. The molecule has 5 nitrogen and oxygen atoms in total. The van der Waals surface area contributed by atoms with E-state index in [4.69, 9.17) is 0 Å². The highest BCUT2D eigenvalue weighted by molar-refractivity contribution is 7.89. The number of sulfonamides is 1. The molecular weight excluding hydrogens is 298 g/mol. The molecule has 0 aliphatic rings. The van der Waals surface area contributed by atoms with Gasteiger partial charge in [0.25, 0.3) is 0 Å². The van der Waals surface area contributed by atoms with Gasteiger partial charge >= 0.3 is 0 Å². The maximum Gasteiger partial charge on any atom is 0.241 e. The Labute approximate surface area is 132 Å². The molecule has 0 aliphatic carbocycles. The van der Waals surface area contributed by atoms with Gasteiger partial charge in [0.2, 0.25) is 10.0 Å². The minimum Gasteiger partial charge on any atom is -0.272 e. The molecule has 1 N–H and O–H groups in total. The van der Waals surface area contributed by atoms with E-state index in [2.05, 4.69) is 9.82 Å². The zero-order chi connectivity index (χ0) is 16.5. The van der Waals surface area contributed by atoms with Crippen LogP contribution in [0.1, 0.15) is 34.9 Å². The van der Waals surface area contributed by atoms with E-state index in [1.807, 2.05) is 52.9 Å². The van der Waals surface area contributed by atoms with Crippen molar-refractivity contribution in [3.8, 4) is 0 Å². The van der Waals surface area contributed by atoms with Gasteiger partial charge in [0.15, 0.2) is 0 Å². The minimum atomic E-state index is -3.54. The van der Waals surface area contributed by atoms with Crippen LogP contribution in [0.25, 0.3) is 0 Å². The van der Waals surface area contributed by atoms with E-state index in [1.54, 1.807) is 4.68 Å². The van der Waals surface area contributed by atoms with E-state index < -0.39 is 10.0 Å². The lowest BCUT2D eigenvalue weighted by atomic mass is 10.1. The van der Waals surface area contributed by atoms with Crippen LogP contribution >= 0.6 is 0 Å². The fourth-order valence-electron chi connectivity index (χ4n) is 2.73. The van der Waals surface area contributed by atoms with Crippen molar-refractivity contribution < 1.29 is 8.42 Å². The van der Waals surface area contributed by atoms with Crippen molar-refractivity contribution >= 4 is 10.0 Å². The van der Waals surface area contributed by atoms with Crippen LogP contribution in [0.5, 0.6) is 0 Å². The van der Waals surface area contributed by atoms with Crippen LogP contribution in [0.2, 0.25) is 0 Å². The van der Waals surface area contributed by atoms with Crippen LogP contribution in [0.4, 0.5) is 0 Å². The van der Waals surface area contributed by atoms with Gasteiger partial charge in [-0.3, -0.25) is 4.68 Å². The molecule has 2 rings (SSSR count). The molecule has 0 fully saturated rings. The second-order valence-corrected chi connectivity index (χ2v) is 7.35. The molecule has 0 bridgehead atoms. The summed E-state index contributed by atoms with van der Waals surface area (Å²) >= 11 is 0. The van der Waals surface area contributed by atoms with Crippen LogP contribution in [0, 0.1) is 27.7 Å². The summed E-state index contributed by atoms with van der Waals surface area (Å²) in [5.74, 6) is 0. The Kier molecular flexibility index (Phi) is 4.72. The predicted molar refractivity (Wildman–Crippen MR) is 87.3 cm³/mol. The quantitative estimate of drug-likeness (QED) is 0.920. The Balaban J connectivity index is 2.27. The molecule has 1 aromatic heterocycles. The van der Waals surface area contributed by atoms with Gasteiger partial charge in [-0.1, -0.05) is 17.7 Å². The molecule has 2 aromatic rings. The molecule has 0 radical (unpaired) electrons. The molecule has 0 aliphatic heterocycles. The van der Waals surface area contributed by atoms with E-state index >= 15 is 0 Å². The van der Waals surface area contributed by atoms with Gasteiger partial charge in [0.1, 0.15) is 0 Å². The molecule has 120 valence electrons. The molecular formula is C16H23N3O2S. The van der Waals surface area contributed by atoms with Crippen molar-refractivity contribution in [1.82, 2.24) is 14.5 Å². The third-order valence-electron chi connectivity index (χ3n) is 3.70. The first kappa shape index (κ1) is 16.7. The molecule has 0 saturated heterocycles. The summed E-state index contributed by atoms with van der Waals surface area (Å²) in [5.41, 5.74) is 4.35. The SMILES string of the molecule is CCn1cc(CNS(=O)(=O)c2c(C)cc(C)cc2C)c(C)n1. The highest BCUT2D eigenvalue weighted by Crippen LogP contribution is 2.22. The Hall–Kier alpha value is -1.66. The van der Waals surface area contributed by atoms with Gasteiger partial charge in [0, 0.05) is 24.8 Å². The number of hydrogen-bond acceptors (Lipinski definition) is 3. The summed E-state index contributed by atoms with van der Waals surface area (Å²) in [6.07, 6.45) is 1.88. The first-order chi connectivity index (χ1) is 10.2. The molecule has 1 aromatic carbocycles. The van der Waals surface area contributed by atoms with Crippen LogP contribution in [-0.2, 0) is 23.1 Å². The molecule has 0 unspecified atom stereocenters. The number of aryl methyl sites for hydroxylation is 5. The predicted octanol–water partition coefficient (Wildman–Crippen LogP) is 2.62. The second kappa shape index (κ2) is 6.22. The molecule has 0 amide bonds. The molecule has 0 spiro atoms. The largest absolute Gasteiger partial charge is 0.272 e. The molecule has 6 heteroatoms. The summed E-state index contributed by atoms with van der Waals surface area (Å²) in [5, 5.41) is 4.33. The van der Waals surface area contributed by atoms with Crippen LogP contribution in [0.3, 0.4) is 0 Å². The fraction of sp³-hybridized carbons (Fsp3) is 0.438. The lowest BCUT2D eigenvalue weighted by Gasteiger charge is -2.13. The zero-order valence-corrected chi connectivity index (χ0v) is 14.6. The molecule has 0 saturated carbocycles. The van der Waals surface area contributed by atoms with Crippen molar-refractivity contribution in [2.75, 3.05) is 0 Å². The number of benzene rings is 1. The number of nitrogens with one attached hydrogen (secondary N) is 1. The topological polar surface area (TPSA) is 64.0 Å². The van der Waals surface area contributed by atoms with Gasteiger partial charge < -0.3 is 0 Å². The van der Waals surface area contributed by atoms with E-state index in [0.29, 0.717) is 4.90 Å². The number of hydrogen-bond donors (Lipinski definition) is 1. The Morgan fingerprint density at radius 3 is 2.23 bits per heavy atom. The van der Waals surface area contributed by atoms with Crippen molar-refractivity contribution in [3.63, 3.8) is 0 Å². The third-order valence-corrected chi connectivity index (χ3v) is 5.40. The van der Waals surface area contributed by atoms with Crippen LogP contribution in [-0.4, -0.2) is 18.2 Å². The van der Waals surface area contributed by atoms with Gasteiger partial charge in [-0.15, -0.1) is 0 Å². The lowest BCUT2D eigenvalue weighted by molar-refractivity contribution is 0.580. The van der Waals surface area contributed by atoms with Crippen molar-refractivity contribution in [2.24, 2.45) is 0 Å². The lowest BCUT2D eigenvalue weighted by Crippen LogP contribution is -2.25. The average Bonchev–Trinajstić information content (AvgIpc) is 2.75. The molecule has 22 heavy (non-hydrogen) atoms. The first-order valence-electron chi connectivity index (χ1n) is 7.35. The second-order valence-electron chi connectivity index (χ2n) is 5.65. The monoisotopic (exact) mass is 321 g/mol. The van der Waals surface area contributed by atoms with Gasteiger partial charge in [-0.25, -0.2) is 13.1 Å². The smallest absolute Gasteiger partial charge is 0.241 e. The first-order valence-corrected chi connectivity index (χ1v) is 8.83. The standard InChI is InChI=1S/C16H23N3O2S/c1-6-19-10-15(14(5)18-19)9-17-22(20,21)16-12(3)7-11(2)8-13(16)4/h7-8,10,17H,6,9H2,1-5H3. The number of rotatable bonds is 5. The summed E-state index contributed by atoms with van der Waals surface area (Å²) in [4.78, 5) is 0.374. The summed E-state index contributed by atoms with van der Waals surface area (Å²) in [7, 11) is -3.54. The Morgan fingerprint density at radius 1 is 1.14 bits per heavy atom. The van der Waals surface area contributed by atoms with E-state index in [9.17, 15) is 8.42 Å². The maximum atomic E-state index is 12.6. The maximum absolute atomic E-state index is 12.6. The van der Waals surface area contributed by atoms with Gasteiger partial charge in [-0.05, 0) is 45.7 Å². The molecule has 0 atom stereocenters. The van der Waals surface area contributed by atoms with E-state index in [-0.39, 0.29) is 6.54 Å². The van der Waals surface area contributed by atoms with Gasteiger partial charge in [-0.2, -0.15) is 5.10 Å². The molecule has 1 heterocycles. The van der Waals surface area contributed by atoms with E-state index in [1.165, 1.54) is 0 Å². The van der Waals surface area contributed by atoms with Crippen LogP contribution < -0.4 is 4.72 Å². The third kappa shape index (κ3) is 3.39. The highest BCUT2D eigenvalue weighted by atomic mass is 32.2. The number of nitrogens with zero attached hydrogens (tertiary/aromatic N) is 2. The minimum absolute atomic E-state index is 0.251. The normalized spacial score (nSPS) is 11.9. The summed E-state index contributed by atoms with van der Waals surface area (Å²) < 4.78 is 29.7. The fourth-order valence-corrected chi connectivity index (χ4v) is 4.19. The summed E-state index contributed by atoms with van der Waals surface area (Å²) in [6.45, 7) is 10.5. The van der Waals surface area contributed by atoms with Crippen molar-refractivity contribution in [3.05, 3.63) is 46.3 Å². The summed E-state index contributed by atoms with van der Waals surface area (Å²) in [6, 6.07) is 3.78. The van der Waals surface area contributed by atoms with Crippen molar-refractivity contribution in [1.29, 1.82) is 0 Å². The van der Waals surface area contributed by atoms with Gasteiger partial charge in [0.05, 0.1) is 10.6 Å². The Bertz CT molecular complexity index is 769. The average molecular weight is 321 g/mol. The van der Waals surface area contributed by atoms with Crippen molar-refractivity contribution in [2.45, 2.75) is 52.6 Å². The van der Waals surface area contributed by atoms with E-state index in [0.717, 1.165) is 34.5 Å². The Morgan fingerprint density at radius 2 is 1.73 bits per heavy atom. The number of aromatic nitrogens is 2.